The maximum absolute atomic E-state index is 11.8. The van der Waals surface area contributed by atoms with E-state index in [0.717, 1.165) is 0 Å². The van der Waals surface area contributed by atoms with E-state index in [0.29, 0.717) is 11.2 Å². The monoisotopic (exact) mass is 489 g/mol. The number of aromatic nitrogens is 4. The topological polar surface area (TPSA) is 251 Å². The van der Waals surface area contributed by atoms with Crippen LogP contribution in [-0.4, -0.2) is 64.0 Å². The summed E-state index contributed by atoms with van der Waals surface area (Å²) < 4.78 is 58.3. The summed E-state index contributed by atoms with van der Waals surface area (Å²) in [6.45, 7) is -0.620. The van der Waals surface area contributed by atoms with E-state index in [2.05, 4.69) is 28.1 Å². The van der Waals surface area contributed by atoms with E-state index in [1.807, 2.05) is 0 Å². The van der Waals surface area contributed by atoms with Crippen molar-refractivity contribution < 1.29 is 55.9 Å². The number of rotatable bonds is 8. The normalized spacial score (nSPS) is 30.0. The lowest BCUT2D eigenvalue weighted by atomic mass is 10.2. The number of nitrogens with two attached hydrogens (primary N) is 1. The van der Waals surface area contributed by atoms with E-state index in [1.165, 1.54) is 17.2 Å². The molecule has 4 heterocycles. The zero-order valence-electron chi connectivity index (χ0n) is 14.4. The maximum atomic E-state index is 11.8. The maximum Gasteiger partial charge on any atom is 0.490 e. The van der Waals surface area contributed by atoms with Crippen LogP contribution in [0, 0.1) is 0 Å². The van der Waals surface area contributed by atoms with Gasteiger partial charge in [0.05, 0.1) is 12.9 Å². The highest BCUT2D eigenvalue weighted by Crippen LogP contribution is 2.66. The van der Waals surface area contributed by atoms with Gasteiger partial charge < -0.3 is 34.8 Å². The molecular weight excluding hydrogens is 475 g/mol. The van der Waals surface area contributed by atoms with Crippen molar-refractivity contribution >= 4 is 40.4 Å². The second-order valence-corrected chi connectivity index (χ2v) is 10.5. The highest BCUT2D eigenvalue weighted by molar-refractivity contribution is 7.66. The Morgan fingerprint density at radius 3 is 2.47 bits per heavy atom. The van der Waals surface area contributed by atoms with Gasteiger partial charge in [-0.05, 0) is 0 Å². The summed E-state index contributed by atoms with van der Waals surface area (Å²) in [6.07, 6.45) is 0.0598. The Morgan fingerprint density at radius 1 is 1.03 bits per heavy atom. The minimum absolute atomic E-state index is 0.161. The van der Waals surface area contributed by atoms with Crippen molar-refractivity contribution in [3.05, 3.63) is 12.7 Å². The molecule has 2 aromatic rings. The molecule has 0 amide bonds. The van der Waals surface area contributed by atoms with E-state index in [-0.39, 0.29) is 5.82 Å². The van der Waals surface area contributed by atoms with Gasteiger partial charge >= 0.3 is 23.5 Å². The molecule has 30 heavy (non-hydrogen) atoms. The van der Waals surface area contributed by atoms with Crippen molar-refractivity contribution in [1.82, 2.24) is 19.5 Å². The number of imidazole rings is 1. The first kappa shape index (κ1) is 21.9. The first-order valence-corrected chi connectivity index (χ1v) is 12.4. The molecule has 2 aliphatic rings. The summed E-state index contributed by atoms with van der Waals surface area (Å²) in [5.41, 5.74) is 6.44. The molecule has 0 aromatic carbocycles. The Bertz CT molecular complexity index is 1120. The fourth-order valence-electron chi connectivity index (χ4n) is 2.88. The third-order valence-corrected chi connectivity index (χ3v) is 7.80. The molecule has 20 heteroatoms. The Hall–Kier alpha value is -1.32. The molecule has 2 saturated heterocycles. The van der Waals surface area contributed by atoms with Crippen LogP contribution in [0.1, 0.15) is 6.23 Å². The zero-order valence-corrected chi connectivity index (χ0v) is 17.1. The lowest BCUT2D eigenvalue weighted by Gasteiger charge is -2.20. The van der Waals surface area contributed by atoms with Gasteiger partial charge in [0.15, 0.2) is 17.7 Å². The molecule has 2 aliphatic heterocycles. The summed E-state index contributed by atoms with van der Waals surface area (Å²) in [6, 6.07) is 0. The Labute approximate surface area is 166 Å². The number of phosphoric acid groups is 3. The molecule has 0 radical (unpaired) electrons. The molecule has 2 fully saturated rings. The molecule has 2 unspecified atom stereocenters. The molecule has 0 saturated carbocycles. The number of epoxide rings is 1. The van der Waals surface area contributed by atoms with Gasteiger partial charge in [-0.15, -0.1) is 0 Å². The highest BCUT2D eigenvalue weighted by Gasteiger charge is 2.59. The van der Waals surface area contributed by atoms with Crippen LogP contribution in [0.15, 0.2) is 12.7 Å². The standard InChI is InChI=1S/C10H14N5O12P3/c11-8-5-9(13-2-12-8)15(3-14-5)10-7-6(25-7)4(24-10)1-23-29(19,20)27-30(21,22)26-28(16,17)18/h2-4,6-7,10H,1H2,(H,19,20)(H,21,22)(H2,11,12,13)(H2,16,17,18)/t4-,6-,7-,10-/m1/s1. The zero-order chi connectivity index (χ0) is 21.9. The van der Waals surface area contributed by atoms with E-state index >= 15 is 0 Å². The fraction of sp³-hybridized carbons (Fsp3) is 0.500. The lowest BCUT2D eigenvalue weighted by Crippen LogP contribution is -2.23. The van der Waals surface area contributed by atoms with E-state index < -0.39 is 54.6 Å². The Balaban J connectivity index is 1.40. The summed E-state index contributed by atoms with van der Waals surface area (Å²) in [4.78, 5) is 47.7. The summed E-state index contributed by atoms with van der Waals surface area (Å²) in [5, 5.41) is 0. The quantitative estimate of drug-likeness (QED) is 0.230. The largest absolute Gasteiger partial charge is 0.490 e. The number of fused-ring (bicyclic) bond motifs is 2. The van der Waals surface area contributed by atoms with Gasteiger partial charge in [0.25, 0.3) is 0 Å². The predicted molar refractivity (Wildman–Crippen MR) is 92.1 cm³/mol. The van der Waals surface area contributed by atoms with Crippen molar-refractivity contribution in [2.45, 2.75) is 24.5 Å². The van der Waals surface area contributed by atoms with Crippen molar-refractivity contribution in [2.24, 2.45) is 0 Å². The van der Waals surface area contributed by atoms with Gasteiger partial charge in [0.2, 0.25) is 0 Å². The van der Waals surface area contributed by atoms with Gasteiger partial charge in [-0.25, -0.2) is 28.6 Å². The van der Waals surface area contributed by atoms with E-state index in [4.69, 9.17) is 29.9 Å². The van der Waals surface area contributed by atoms with Crippen LogP contribution in [0.4, 0.5) is 5.82 Å². The Kier molecular flexibility index (Phi) is 5.38. The summed E-state index contributed by atoms with van der Waals surface area (Å²) in [7, 11) is -16.3. The van der Waals surface area contributed by atoms with E-state index in [1.54, 1.807) is 0 Å². The molecule has 6 N–H and O–H groups in total. The number of nitrogen functional groups attached to an aromatic ring is 1. The minimum atomic E-state index is -5.60. The van der Waals surface area contributed by atoms with Crippen molar-refractivity contribution in [2.75, 3.05) is 12.3 Å². The van der Waals surface area contributed by atoms with Gasteiger partial charge in [0, 0.05) is 0 Å². The van der Waals surface area contributed by atoms with Gasteiger partial charge in [0.1, 0.15) is 30.2 Å². The molecule has 166 valence electrons. The van der Waals surface area contributed by atoms with Crippen LogP contribution in [0.2, 0.25) is 0 Å². The minimum Gasteiger partial charge on any atom is -0.382 e. The average Bonchev–Trinajstić information content (AvgIpc) is 3.10. The average molecular weight is 489 g/mol. The van der Waals surface area contributed by atoms with Crippen LogP contribution in [0.25, 0.3) is 11.2 Å². The predicted octanol–water partition coefficient (Wildman–Crippen LogP) is -0.583. The third-order valence-electron chi connectivity index (χ3n) is 4.00. The number of nitrogens with zero attached hydrogens (tertiary/aromatic N) is 4. The molecule has 2 aromatic heterocycles. The molecule has 0 spiro atoms. The fourth-order valence-corrected chi connectivity index (χ4v) is 5.91. The van der Waals surface area contributed by atoms with Crippen LogP contribution >= 0.6 is 23.5 Å². The van der Waals surface area contributed by atoms with Gasteiger partial charge in [-0.1, -0.05) is 0 Å². The smallest absolute Gasteiger partial charge is 0.382 e. The Morgan fingerprint density at radius 2 is 1.77 bits per heavy atom. The summed E-state index contributed by atoms with van der Waals surface area (Å²) in [5.74, 6) is 0.161. The number of ether oxygens (including phenoxy) is 2. The van der Waals surface area contributed by atoms with Gasteiger partial charge in [-0.3, -0.25) is 9.09 Å². The second kappa shape index (κ2) is 7.38. The van der Waals surface area contributed by atoms with Gasteiger partial charge in [-0.2, -0.15) is 8.62 Å². The first-order valence-electron chi connectivity index (χ1n) is 7.87. The number of hydrogen-bond donors (Lipinski definition) is 5. The highest BCUT2D eigenvalue weighted by atomic mass is 31.3. The van der Waals surface area contributed by atoms with Crippen LogP contribution < -0.4 is 5.73 Å². The SMILES string of the molecule is Nc1ncnc2c1ncn2[C@@H]1O[C@H](COP(=O)(O)OP(=O)(O)OP(=O)(O)O)[C@H]2O[C@H]21. The van der Waals surface area contributed by atoms with Crippen LogP contribution in [-0.2, 0) is 36.3 Å². The van der Waals surface area contributed by atoms with Crippen molar-refractivity contribution in [3.63, 3.8) is 0 Å². The second-order valence-electron chi connectivity index (χ2n) is 6.10. The molecule has 0 bridgehead atoms. The molecule has 0 aliphatic carbocycles. The molecule has 17 nitrogen and oxygen atoms in total. The van der Waals surface area contributed by atoms with Crippen LogP contribution in [0.5, 0.6) is 0 Å². The van der Waals surface area contributed by atoms with Crippen molar-refractivity contribution in [3.8, 4) is 0 Å². The number of anilines is 1. The van der Waals surface area contributed by atoms with E-state index in [9.17, 15) is 18.6 Å². The summed E-state index contributed by atoms with van der Waals surface area (Å²) >= 11 is 0. The van der Waals surface area contributed by atoms with Crippen LogP contribution in [0.3, 0.4) is 0 Å². The number of phosphoric ester groups is 1. The molecular formula is C10H14N5O12P3. The lowest BCUT2D eigenvalue weighted by molar-refractivity contribution is -0.0812. The molecule has 6 atom stereocenters. The van der Waals surface area contributed by atoms with Crippen molar-refractivity contribution in [1.29, 1.82) is 0 Å². The number of hydrogen-bond acceptors (Lipinski definition) is 12. The first-order chi connectivity index (χ1) is 13.9. The third kappa shape index (κ3) is 4.62. The molecule has 4 rings (SSSR count).